The number of benzene rings is 2. The molecule has 0 aliphatic heterocycles. The molecular formula is C17H20N2O. The summed E-state index contributed by atoms with van der Waals surface area (Å²) in [7, 11) is 0. The number of carbonyl (C=O) groups is 1. The van der Waals surface area contributed by atoms with Crippen molar-refractivity contribution in [2.24, 2.45) is 0 Å². The molecule has 0 radical (unpaired) electrons. The van der Waals surface area contributed by atoms with Crippen molar-refractivity contribution in [1.29, 1.82) is 0 Å². The maximum Gasteiger partial charge on any atom is 0.164 e. The summed E-state index contributed by atoms with van der Waals surface area (Å²) < 4.78 is 0. The molecule has 0 fully saturated rings. The summed E-state index contributed by atoms with van der Waals surface area (Å²) >= 11 is 0. The van der Waals surface area contributed by atoms with Crippen LogP contribution in [0.1, 0.15) is 27.9 Å². The van der Waals surface area contributed by atoms with Crippen LogP contribution < -0.4 is 11.1 Å². The standard InChI is InChI=1S/C17H20N2O/c1-12-8-13(2)10-16(9-12)19-7-6-17(20)14-4-3-5-15(18)11-14/h3-5,8-11,19H,6-7,18H2,1-2H3. The number of ketones is 1. The number of nitrogens with one attached hydrogen (secondary N) is 1. The van der Waals surface area contributed by atoms with Crippen LogP contribution in [0.4, 0.5) is 11.4 Å². The maximum atomic E-state index is 12.0. The van der Waals surface area contributed by atoms with Crippen molar-refractivity contribution in [2.75, 3.05) is 17.6 Å². The molecule has 3 heteroatoms. The Morgan fingerprint density at radius 2 is 1.80 bits per heavy atom. The molecule has 0 amide bonds. The number of hydrogen-bond acceptors (Lipinski definition) is 3. The minimum Gasteiger partial charge on any atom is -0.399 e. The summed E-state index contributed by atoms with van der Waals surface area (Å²) in [5.41, 5.74) is 10.5. The first-order valence-corrected chi connectivity index (χ1v) is 6.75. The summed E-state index contributed by atoms with van der Waals surface area (Å²) in [6, 6.07) is 13.4. The zero-order valence-corrected chi connectivity index (χ0v) is 11.9. The van der Waals surface area contributed by atoms with E-state index in [1.165, 1.54) is 11.1 Å². The van der Waals surface area contributed by atoms with Crippen LogP contribution in [0.3, 0.4) is 0 Å². The second-order valence-electron chi connectivity index (χ2n) is 5.10. The Bertz CT molecular complexity index is 600. The lowest BCUT2D eigenvalue weighted by atomic mass is 10.1. The molecule has 0 saturated carbocycles. The molecule has 3 nitrogen and oxygen atoms in total. The highest BCUT2D eigenvalue weighted by Crippen LogP contribution is 2.14. The molecule has 0 aliphatic carbocycles. The molecule has 0 atom stereocenters. The maximum absolute atomic E-state index is 12.0. The van der Waals surface area contributed by atoms with Gasteiger partial charge < -0.3 is 11.1 Å². The van der Waals surface area contributed by atoms with Gasteiger partial charge in [0.2, 0.25) is 0 Å². The fourth-order valence-electron chi connectivity index (χ4n) is 2.25. The predicted molar refractivity (Wildman–Crippen MR) is 84.2 cm³/mol. The van der Waals surface area contributed by atoms with Crippen molar-refractivity contribution in [3.63, 3.8) is 0 Å². The summed E-state index contributed by atoms with van der Waals surface area (Å²) in [6.45, 7) is 4.75. The van der Waals surface area contributed by atoms with Gasteiger partial charge in [0.05, 0.1) is 0 Å². The SMILES string of the molecule is Cc1cc(C)cc(NCCC(=O)c2cccc(N)c2)c1. The van der Waals surface area contributed by atoms with Crippen molar-refractivity contribution in [3.05, 3.63) is 59.2 Å². The third kappa shape index (κ3) is 3.85. The van der Waals surface area contributed by atoms with Gasteiger partial charge in [-0.1, -0.05) is 18.2 Å². The van der Waals surface area contributed by atoms with Crippen LogP contribution in [0.15, 0.2) is 42.5 Å². The van der Waals surface area contributed by atoms with E-state index in [4.69, 9.17) is 5.73 Å². The number of Topliss-reactive ketones (excluding diaryl/α,β-unsaturated/α-hetero) is 1. The van der Waals surface area contributed by atoms with E-state index in [9.17, 15) is 4.79 Å². The zero-order chi connectivity index (χ0) is 14.5. The number of hydrogen-bond donors (Lipinski definition) is 2. The van der Waals surface area contributed by atoms with Gasteiger partial charge in [-0.2, -0.15) is 0 Å². The van der Waals surface area contributed by atoms with Crippen LogP contribution in [0.2, 0.25) is 0 Å². The first-order chi connectivity index (χ1) is 9.54. The molecule has 0 bridgehead atoms. The van der Waals surface area contributed by atoms with Gasteiger partial charge in [0, 0.05) is 29.9 Å². The Kier molecular flexibility index (Phi) is 4.41. The lowest BCUT2D eigenvalue weighted by Crippen LogP contribution is -2.09. The average Bonchev–Trinajstić information content (AvgIpc) is 2.37. The number of carbonyl (C=O) groups excluding carboxylic acids is 1. The fraction of sp³-hybridized carbons (Fsp3) is 0.235. The van der Waals surface area contributed by atoms with E-state index in [2.05, 4.69) is 37.4 Å². The van der Waals surface area contributed by atoms with Gasteiger partial charge >= 0.3 is 0 Å². The van der Waals surface area contributed by atoms with E-state index in [1.54, 1.807) is 24.3 Å². The third-order valence-corrected chi connectivity index (χ3v) is 3.11. The minimum absolute atomic E-state index is 0.106. The molecule has 104 valence electrons. The summed E-state index contributed by atoms with van der Waals surface area (Å²) in [5.74, 6) is 0.106. The van der Waals surface area contributed by atoms with Crippen molar-refractivity contribution in [1.82, 2.24) is 0 Å². The van der Waals surface area contributed by atoms with Gasteiger partial charge in [-0.3, -0.25) is 4.79 Å². The van der Waals surface area contributed by atoms with Crippen LogP contribution in [0.25, 0.3) is 0 Å². The van der Waals surface area contributed by atoms with Crippen LogP contribution >= 0.6 is 0 Å². The third-order valence-electron chi connectivity index (χ3n) is 3.11. The lowest BCUT2D eigenvalue weighted by molar-refractivity contribution is 0.0986. The molecule has 3 N–H and O–H groups in total. The number of rotatable bonds is 5. The van der Waals surface area contributed by atoms with Gasteiger partial charge in [-0.25, -0.2) is 0 Å². The van der Waals surface area contributed by atoms with E-state index in [0.717, 1.165) is 5.69 Å². The smallest absolute Gasteiger partial charge is 0.164 e. The van der Waals surface area contributed by atoms with Crippen LogP contribution in [0.5, 0.6) is 0 Å². The van der Waals surface area contributed by atoms with Crippen molar-refractivity contribution >= 4 is 17.2 Å². The highest BCUT2D eigenvalue weighted by atomic mass is 16.1. The number of nitrogens with two attached hydrogens (primary N) is 1. The van der Waals surface area contributed by atoms with Gasteiger partial charge in [0.15, 0.2) is 5.78 Å². The van der Waals surface area contributed by atoms with Crippen molar-refractivity contribution in [3.8, 4) is 0 Å². The quantitative estimate of drug-likeness (QED) is 0.644. The molecule has 2 rings (SSSR count). The molecule has 20 heavy (non-hydrogen) atoms. The van der Waals surface area contributed by atoms with E-state index in [-0.39, 0.29) is 5.78 Å². The monoisotopic (exact) mass is 268 g/mol. The number of nitrogen functional groups attached to an aromatic ring is 1. The first-order valence-electron chi connectivity index (χ1n) is 6.75. The number of aryl methyl sites for hydroxylation is 2. The van der Waals surface area contributed by atoms with E-state index >= 15 is 0 Å². The second-order valence-corrected chi connectivity index (χ2v) is 5.10. The Morgan fingerprint density at radius 1 is 1.10 bits per heavy atom. The minimum atomic E-state index is 0.106. The van der Waals surface area contributed by atoms with Crippen molar-refractivity contribution < 1.29 is 4.79 Å². The largest absolute Gasteiger partial charge is 0.399 e. The molecule has 2 aromatic carbocycles. The van der Waals surface area contributed by atoms with E-state index < -0.39 is 0 Å². The number of anilines is 2. The van der Waals surface area contributed by atoms with Gasteiger partial charge in [-0.15, -0.1) is 0 Å². The first kappa shape index (κ1) is 14.1. The Labute approximate surface area is 119 Å². The van der Waals surface area contributed by atoms with Gasteiger partial charge in [0.25, 0.3) is 0 Å². The highest BCUT2D eigenvalue weighted by molar-refractivity contribution is 5.97. The van der Waals surface area contributed by atoms with E-state index in [0.29, 0.717) is 24.2 Å². The second kappa shape index (κ2) is 6.24. The topological polar surface area (TPSA) is 55.1 Å². The molecule has 2 aromatic rings. The molecule has 0 aliphatic rings. The molecular weight excluding hydrogens is 248 g/mol. The van der Waals surface area contributed by atoms with Crippen LogP contribution in [0, 0.1) is 13.8 Å². The molecule has 0 unspecified atom stereocenters. The van der Waals surface area contributed by atoms with E-state index in [1.807, 2.05) is 0 Å². The Morgan fingerprint density at radius 3 is 2.45 bits per heavy atom. The predicted octanol–water partition coefficient (Wildman–Crippen LogP) is 3.57. The normalized spacial score (nSPS) is 10.3. The Balaban J connectivity index is 1.91. The van der Waals surface area contributed by atoms with Crippen LogP contribution in [-0.2, 0) is 0 Å². The average molecular weight is 268 g/mol. The fourth-order valence-corrected chi connectivity index (χ4v) is 2.25. The van der Waals surface area contributed by atoms with Crippen molar-refractivity contribution in [2.45, 2.75) is 20.3 Å². The summed E-state index contributed by atoms with van der Waals surface area (Å²) in [4.78, 5) is 12.0. The molecule has 0 saturated heterocycles. The summed E-state index contributed by atoms with van der Waals surface area (Å²) in [6.07, 6.45) is 0.455. The van der Waals surface area contributed by atoms with Gasteiger partial charge in [-0.05, 0) is 49.2 Å². The Hall–Kier alpha value is -2.29. The van der Waals surface area contributed by atoms with Gasteiger partial charge in [0.1, 0.15) is 0 Å². The van der Waals surface area contributed by atoms with Crippen LogP contribution in [-0.4, -0.2) is 12.3 Å². The zero-order valence-electron chi connectivity index (χ0n) is 11.9. The lowest BCUT2D eigenvalue weighted by Gasteiger charge is -2.08. The molecule has 0 aromatic heterocycles. The molecule has 0 spiro atoms. The highest BCUT2D eigenvalue weighted by Gasteiger charge is 2.05. The summed E-state index contributed by atoms with van der Waals surface area (Å²) in [5, 5.41) is 3.29. The molecule has 0 heterocycles.